The molecule has 0 atom stereocenters. The Hall–Kier alpha value is -1.54. The molecule has 0 aromatic heterocycles. The van der Waals surface area contributed by atoms with Gasteiger partial charge in [0.15, 0.2) is 0 Å². The van der Waals surface area contributed by atoms with E-state index in [1.807, 2.05) is 0 Å². The zero-order chi connectivity index (χ0) is 15.8. The van der Waals surface area contributed by atoms with Crippen LogP contribution in [-0.2, 0) is 0 Å². The smallest absolute Gasteiger partial charge is 0.0367 e. The highest BCUT2D eigenvalue weighted by Crippen LogP contribution is 2.15. The van der Waals surface area contributed by atoms with Crippen molar-refractivity contribution in [3.05, 3.63) is 53.6 Å². The summed E-state index contributed by atoms with van der Waals surface area (Å²) in [7, 11) is 0. The van der Waals surface area contributed by atoms with E-state index in [0.29, 0.717) is 0 Å². The fourth-order valence-corrected chi connectivity index (χ4v) is 2.80. The molecule has 22 heavy (non-hydrogen) atoms. The van der Waals surface area contributed by atoms with Crippen LogP contribution in [0.5, 0.6) is 0 Å². The van der Waals surface area contributed by atoms with Gasteiger partial charge in [0.2, 0.25) is 0 Å². The van der Waals surface area contributed by atoms with E-state index >= 15 is 0 Å². The maximum absolute atomic E-state index is 2.56. The molecule has 1 aliphatic rings. The molecule has 0 bridgehead atoms. The number of allylic oxidation sites excluding steroid dienone is 3. The van der Waals surface area contributed by atoms with Gasteiger partial charge >= 0.3 is 0 Å². The normalized spacial score (nSPS) is 16.7. The number of benzene rings is 1. The molecule has 120 valence electrons. The van der Waals surface area contributed by atoms with Crippen LogP contribution in [0, 0.1) is 0 Å². The van der Waals surface area contributed by atoms with E-state index < -0.39 is 0 Å². The molecule has 2 nitrogen and oxygen atoms in total. The number of hydrogen-bond acceptors (Lipinski definition) is 2. The molecule has 2 rings (SSSR count). The third kappa shape index (κ3) is 5.69. The predicted molar refractivity (Wildman–Crippen MR) is 97.5 cm³/mol. The van der Waals surface area contributed by atoms with Crippen molar-refractivity contribution in [3.63, 3.8) is 0 Å². The Labute approximate surface area is 136 Å². The SMILES string of the molecule is CC(C)=CCC/C(C)=C/CN1CCN(c2ccccc2)CC1. The van der Waals surface area contributed by atoms with E-state index in [1.165, 1.54) is 29.7 Å². The molecule has 1 aliphatic heterocycles. The maximum atomic E-state index is 2.56. The summed E-state index contributed by atoms with van der Waals surface area (Å²) in [5.74, 6) is 0. The summed E-state index contributed by atoms with van der Waals surface area (Å²) in [6, 6.07) is 10.8. The molecule has 0 radical (unpaired) electrons. The van der Waals surface area contributed by atoms with E-state index in [0.717, 1.165) is 32.7 Å². The first kappa shape index (κ1) is 16.8. The van der Waals surface area contributed by atoms with Gasteiger partial charge in [-0.2, -0.15) is 0 Å². The monoisotopic (exact) mass is 298 g/mol. The van der Waals surface area contributed by atoms with Crippen molar-refractivity contribution in [2.75, 3.05) is 37.6 Å². The number of rotatable bonds is 6. The summed E-state index contributed by atoms with van der Waals surface area (Å²) in [6.07, 6.45) is 7.11. The molecule has 0 unspecified atom stereocenters. The number of nitrogens with zero attached hydrogens (tertiary/aromatic N) is 2. The van der Waals surface area contributed by atoms with Crippen molar-refractivity contribution in [2.24, 2.45) is 0 Å². The zero-order valence-corrected chi connectivity index (χ0v) is 14.4. The van der Waals surface area contributed by atoms with E-state index in [1.54, 1.807) is 0 Å². The van der Waals surface area contributed by atoms with E-state index in [2.05, 4.69) is 73.1 Å². The van der Waals surface area contributed by atoms with Crippen LogP contribution in [0.15, 0.2) is 53.6 Å². The first-order chi connectivity index (χ1) is 10.6. The molecule has 0 aliphatic carbocycles. The molecule has 0 spiro atoms. The van der Waals surface area contributed by atoms with Crippen LogP contribution < -0.4 is 4.90 Å². The lowest BCUT2D eigenvalue weighted by Crippen LogP contribution is -2.46. The summed E-state index contributed by atoms with van der Waals surface area (Å²) in [5, 5.41) is 0. The Morgan fingerprint density at radius 2 is 1.64 bits per heavy atom. The Morgan fingerprint density at radius 1 is 0.955 bits per heavy atom. The maximum Gasteiger partial charge on any atom is 0.0367 e. The van der Waals surface area contributed by atoms with Gasteiger partial charge in [0.1, 0.15) is 0 Å². The highest BCUT2D eigenvalue weighted by Gasteiger charge is 2.15. The van der Waals surface area contributed by atoms with Crippen LogP contribution in [-0.4, -0.2) is 37.6 Å². The molecule has 0 amide bonds. The van der Waals surface area contributed by atoms with Gasteiger partial charge in [-0.1, -0.05) is 41.5 Å². The van der Waals surface area contributed by atoms with Crippen molar-refractivity contribution in [1.29, 1.82) is 0 Å². The van der Waals surface area contributed by atoms with Crippen LogP contribution >= 0.6 is 0 Å². The minimum Gasteiger partial charge on any atom is -0.369 e. The van der Waals surface area contributed by atoms with Crippen LogP contribution in [0.4, 0.5) is 5.69 Å². The van der Waals surface area contributed by atoms with Gasteiger partial charge in [0.25, 0.3) is 0 Å². The summed E-state index contributed by atoms with van der Waals surface area (Å²) in [5.41, 5.74) is 4.29. The molecule has 1 fully saturated rings. The van der Waals surface area contributed by atoms with Crippen molar-refractivity contribution in [1.82, 2.24) is 4.90 Å². The quantitative estimate of drug-likeness (QED) is 0.713. The highest BCUT2D eigenvalue weighted by molar-refractivity contribution is 5.46. The average Bonchev–Trinajstić information content (AvgIpc) is 2.54. The Kier molecular flexibility index (Phi) is 6.73. The zero-order valence-electron chi connectivity index (χ0n) is 14.4. The minimum atomic E-state index is 1.10. The molecule has 1 aromatic carbocycles. The number of hydrogen-bond donors (Lipinski definition) is 0. The van der Waals surface area contributed by atoms with Gasteiger partial charge in [-0.05, 0) is 45.7 Å². The minimum absolute atomic E-state index is 1.10. The van der Waals surface area contributed by atoms with Crippen LogP contribution in [0.3, 0.4) is 0 Å². The fourth-order valence-electron chi connectivity index (χ4n) is 2.80. The second-order valence-corrected chi connectivity index (χ2v) is 6.49. The topological polar surface area (TPSA) is 6.48 Å². The average molecular weight is 298 g/mol. The Bertz CT molecular complexity index is 490. The lowest BCUT2D eigenvalue weighted by molar-refractivity contribution is 0.283. The van der Waals surface area contributed by atoms with Gasteiger partial charge in [0, 0.05) is 38.4 Å². The van der Waals surface area contributed by atoms with Crippen molar-refractivity contribution in [3.8, 4) is 0 Å². The van der Waals surface area contributed by atoms with E-state index in [9.17, 15) is 0 Å². The lowest BCUT2D eigenvalue weighted by Gasteiger charge is -2.35. The van der Waals surface area contributed by atoms with Gasteiger partial charge in [-0.15, -0.1) is 0 Å². The summed E-state index contributed by atoms with van der Waals surface area (Å²) >= 11 is 0. The molecule has 1 heterocycles. The van der Waals surface area contributed by atoms with Crippen molar-refractivity contribution >= 4 is 5.69 Å². The molecular weight excluding hydrogens is 268 g/mol. The van der Waals surface area contributed by atoms with E-state index in [-0.39, 0.29) is 0 Å². The molecule has 1 aromatic rings. The van der Waals surface area contributed by atoms with Gasteiger partial charge < -0.3 is 4.90 Å². The largest absolute Gasteiger partial charge is 0.369 e. The molecule has 0 saturated carbocycles. The van der Waals surface area contributed by atoms with Crippen LogP contribution in [0.2, 0.25) is 0 Å². The van der Waals surface area contributed by atoms with Crippen molar-refractivity contribution in [2.45, 2.75) is 33.6 Å². The second-order valence-electron chi connectivity index (χ2n) is 6.49. The van der Waals surface area contributed by atoms with Gasteiger partial charge in [-0.25, -0.2) is 0 Å². The number of anilines is 1. The number of piperazine rings is 1. The second kappa shape index (κ2) is 8.79. The van der Waals surface area contributed by atoms with Gasteiger partial charge in [0.05, 0.1) is 0 Å². The van der Waals surface area contributed by atoms with E-state index in [4.69, 9.17) is 0 Å². The summed E-state index contributed by atoms with van der Waals surface area (Å²) in [4.78, 5) is 5.05. The van der Waals surface area contributed by atoms with Crippen LogP contribution in [0.1, 0.15) is 33.6 Å². The highest BCUT2D eigenvalue weighted by atomic mass is 15.3. The first-order valence-electron chi connectivity index (χ1n) is 8.46. The Balaban J connectivity index is 1.72. The third-order valence-corrected chi connectivity index (χ3v) is 4.28. The summed E-state index contributed by atoms with van der Waals surface area (Å²) < 4.78 is 0. The number of para-hydroxylation sites is 1. The Morgan fingerprint density at radius 3 is 2.27 bits per heavy atom. The fraction of sp³-hybridized carbons (Fsp3) is 0.500. The predicted octanol–water partition coefficient (Wildman–Crippen LogP) is 4.50. The first-order valence-corrected chi connectivity index (χ1v) is 8.46. The molecule has 1 saturated heterocycles. The van der Waals surface area contributed by atoms with Gasteiger partial charge in [-0.3, -0.25) is 4.90 Å². The summed E-state index contributed by atoms with van der Waals surface area (Å²) in [6.45, 7) is 12.3. The standard InChI is InChI=1S/C20H30N2/c1-18(2)8-7-9-19(3)12-13-21-14-16-22(17-15-21)20-10-5-4-6-11-20/h4-6,8,10-12H,7,9,13-17H2,1-3H3/b19-12+. The third-order valence-electron chi connectivity index (χ3n) is 4.28. The molecular formula is C20H30N2. The van der Waals surface area contributed by atoms with Crippen molar-refractivity contribution < 1.29 is 0 Å². The lowest BCUT2D eigenvalue weighted by atomic mass is 10.1. The molecule has 0 N–H and O–H groups in total. The van der Waals surface area contributed by atoms with Crippen LogP contribution in [0.25, 0.3) is 0 Å². The molecule has 2 heteroatoms.